The smallest absolute Gasteiger partial charge is 0.274 e. The topological polar surface area (TPSA) is 82.8 Å². The number of rotatable bonds is 6. The van der Waals surface area contributed by atoms with Crippen LogP contribution in [0.5, 0.6) is 0 Å². The SMILES string of the molecule is CCNC(=NCc1ccccc1[N+](=O)[O-])NC1CN(C(C)C)CC1C. The van der Waals surface area contributed by atoms with Crippen molar-refractivity contribution >= 4 is 11.6 Å². The molecule has 1 aliphatic heterocycles. The average molecular weight is 347 g/mol. The van der Waals surface area contributed by atoms with Crippen LogP contribution in [0.3, 0.4) is 0 Å². The van der Waals surface area contributed by atoms with Crippen LogP contribution in [-0.2, 0) is 6.54 Å². The van der Waals surface area contributed by atoms with Crippen LogP contribution in [0.1, 0.15) is 33.3 Å². The van der Waals surface area contributed by atoms with Crippen LogP contribution in [0.2, 0.25) is 0 Å². The second-order valence-electron chi connectivity index (χ2n) is 6.86. The average Bonchev–Trinajstić information content (AvgIpc) is 2.94. The molecule has 138 valence electrons. The van der Waals surface area contributed by atoms with E-state index in [1.54, 1.807) is 18.2 Å². The molecule has 7 nitrogen and oxygen atoms in total. The minimum Gasteiger partial charge on any atom is -0.357 e. The third kappa shape index (κ3) is 5.16. The zero-order valence-corrected chi connectivity index (χ0v) is 15.5. The van der Waals surface area contributed by atoms with Crippen molar-refractivity contribution in [2.45, 2.75) is 46.3 Å². The standard InChI is InChI=1S/C18H29N5O2/c1-5-19-18(21-16-12-22(13(2)3)11-14(16)4)20-10-15-8-6-7-9-17(15)23(24)25/h6-9,13-14,16H,5,10-12H2,1-4H3,(H2,19,20,21). The van der Waals surface area contributed by atoms with Crippen LogP contribution in [0, 0.1) is 16.0 Å². The van der Waals surface area contributed by atoms with E-state index in [0.717, 1.165) is 19.6 Å². The Morgan fingerprint density at radius 1 is 1.40 bits per heavy atom. The second-order valence-corrected chi connectivity index (χ2v) is 6.86. The van der Waals surface area contributed by atoms with E-state index < -0.39 is 0 Å². The van der Waals surface area contributed by atoms with E-state index in [-0.39, 0.29) is 17.2 Å². The lowest BCUT2D eigenvalue weighted by Gasteiger charge is -2.21. The first-order chi connectivity index (χ1) is 11.9. The van der Waals surface area contributed by atoms with Crippen molar-refractivity contribution in [1.82, 2.24) is 15.5 Å². The number of nitro groups is 1. The molecule has 0 spiro atoms. The summed E-state index contributed by atoms with van der Waals surface area (Å²) in [4.78, 5) is 17.8. The minimum absolute atomic E-state index is 0.113. The number of nitrogens with one attached hydrogen (secondary N) is 2. The minimum atomic E-state index is -0.356. The summed E-state index contributed by atoms with van der Waals surface area (Å²) in [5.74, 6) is 1.24. The quantitative estimate of drug-likeness (QED) is 0.357. The van der Waals surface area contributed by atoms with E-state index in [4.69, 9.17) is 0 Å². The molecule has 1 heterocycles. The van der Waals surface area contributed by atoms with Gasteiger partial charge in [-0.3, -0.25) is 15.0 Å². The van der Waals surface area contributed by atoms with Gasteiger partial charge in [-0.05, 0) is 26.7 Å². The van der Waals surface area contributed by atoms with Gasteiger partial charge in [0.1, 0.15) is 0 Å². The molecule has 2 atom stereocenters. The first-order valence-corrected chi connectivity index (χ1v) is 8.93. The van der Waals surface area contributed by atoms with Gasteiger partial charge in [-0.1, -0.05) is 25.1 Å². The lowest BCUT2D eigenvalue weighted by molar-refractivity contribution is -0.385. The van der Waals surface area contributed by atoms with Crippen molar-refractivity contribution in [3.05, 3.63) is 39.9 Å². The van der Waals surface area contributed by atoms with Crippen LogP contribution in [0.25, 0.3) is 0 Å². The molecule has 1 fully saturated rings. The van der Waals surface area contributed by atoms with Crippen LogP contribution in [-0.4, -0.2) is 47.5 Å². The highest BCUT2D eigenvalue weighted by Crippen LogP contribution is 2.20. The van der Waals surface area contributed by atoms with E-state index in [2.05, 4.69) is 41.3 Å². The lowest BCUT2D eigenvalue weighted by Crippen LogP contribution is -2.46. The maximum Gasteiger partial charge on any atom is 0.274 e. The van der Waals surface area contributed by atoms with Gasteiger partial charge in [0.15, 0.2) is 5.96 Å². The van der Waals surface area contributed by atoms with Gasteiger partial charge in [0, 0.05) is 37.8 Å². The number of nitrogens with zero attached hydrogens (tertiary/aromatic N) is 3. The van der Waals surface area contributed by atoms with Crippen molar-refractivity contribution in [3.8, 4) is 0 Å². The van der Waals surface area contributed by atoms with Crippen molar-refractivity contribution in [1.29, 1.82) is 0 Å². The maximum absolute atomic E-state index is 11.1. The zero-order valence-electron chi connectivity index (χ0n) is 15.5. The predicted octanol–water partition coefficient (Wildman–Crippen LogP) is 2.38. The van der Waals surface area contributed by atoms with E-state index in [9.17, 15) is 10.1 Å². The summed E-state index contributed by atoms with van der Waals surface area (Å²) < 4.78 is 0. The van der Waals surface area contributed by atoms with Gasteiger partial charge in [0.2, 0.25) is 0 Å². The van der Waals surface area contributed by atoms with Crippen LogP contribution in [0.15, 0.2) is 29.3 Å². The van der Waals surface area contributed by atoms with Crippen molar-refractivity contribution in [3.63, 3.8) is 0 Å². The third-order valence-corrected chi connectivity index (χ3v) is 4.63. The Balaban J connectivity index is 2.08. The summed E-state index contributed by atoms with van der Waals surface area (Å²) in [6, 6.07) is 7.61. The van der Waals surface area contributed by atoms with Gasteiger partial charge in [-0.15, -0.1) is 0 Å². The fourth-order valence-corrected chi connectivity index (χ4v) is 3.10. The Morgan fingerprint density at radius 3 is 2.72 bits per heavy atom. The molecule has 1 aliphatic rings. The molecule has 25 heavy (non-hydrogen) atoms. The molecule has 1 aromatic rings. The third-order valence-electron chi connectivity index (χ3n) is 4.63. The summed E-state index contributed by atoms with van der Waals surface area (Å²) in [6.45, 7) is 11.8. The summed E-state index contributed by atoms with van der Waals surface area (Å²) in [7, 11) is 0. The predicted molar refractivity (Wildman–Crippen MR) is 101 cm³/mol. The molecule has 0 aromatic heterocycles. The fourth-order valence-electron chi connectivity index (χ4n) is 3.10. The van der Waals surface area contributed by atoms with Gasteiger partial charge in [0.25, 0.3) is 5.69 Å². The van der Waals surface area contributed by atoms with Crippen LogP contribution < -0.4 is 10.6 Å². The summed E-state index contributed by atoms with van der Waals surface area (Å²) in [5, 5.41) is 17.9. The number of hydrogen-bond donors (Lipinski definition) is 2. The Hall–Kier alpha value is -2.15. The monoisotopic (exact) mass is 347 g/mol. The molecule has 1 saturated heterocycles. The molecule has 2 unspecified atom stereocenters. The highest BCUT2D eigenvalue weighted by Gasteiger charge is 2.31. The molecule has 0 radical (unpaired) electrons. The number of benzene rings is 1. The second kappa shape index (κ2) is 8.80. The normalized spacial score (nSPS) is 21.6. The van der Waals surface area contributed by atoms with E-state index in [1.807, 2.05) is 6.92 Å². The zero-order chi connectivity index (χ0) is 18.4. The lowest BCUT2D eigenvalue weighted by atomic mass is 10.1. The maximum atomic E-state index is 11.1. The highest BCUT2D eigenvalue weighted by molar-refractivity contribution is 5.80. The number of nitro benzene ring substituents is 1. The molecular weight excluding hydrogens is 318 g/mol. The number of aliphatic imine (C=N–C) groups is 1. The molecule has 0 bridgehead atoms. The van der Waals surface area contributed by atoms with Crippen molar-refractivity contribution < 1.29 is 4.92 Å². The number of likely N-dealkylation sites (tertiary alicyclic amines) is 1. The molecular formula is C18H29N5O2. The molecule has 7 heteroatoms. The number of guanidine groups is 1. The Kier molecular flexibility index (Phi) is 6.75. The fraction of sp³-hybridized carbons (Fsp3) is 0.611. The Labute approximate surface area is 149 Å². The number of para-hydroxylation sites is 1. The molecule has 1 aromatic carbocycles. The first kappa shape index (κ1) is 19.2. The van der Waals surface area contributed by atoms with Crippen LogP contribution >= 0.6 is 0 Å². The summed E-state index contributed by atoms with van der Waals surface area (Å²) in [6.07, 6.45) is 0. The molecule has 2 N–H and O–H groups in total. The van der Waals surface area contributed by atoms with E-state index in [1.165, 1.54) is 6.07 Å². The largest absolute Gasteiger partial charge is 0.357 e. The Morgan fingerprint density at radius 2 is 2.12 bits per heavy atom. The molecule has 0 aliphatic carbocycles. The van der Waals surface area contributed by atoms with Crippen molar-refractivity contribution in [2.24, 2.45) is 10.9 Å². The first-order valence-electron chi connectivity index (χ1n) is 8.93. The number of hydrogen-bond acceptors (Lipinski definition) is 4. The van der Waals surface area contributed by atoms with Gasteiger partial charge in [0.05, 0.1) is 17.0 Å². The molecule has 0 saturated carbocycles. The summed E-state index contributed by atoms with van der Waals surface area (Å²) >= 11 is 0. The summed E-state index contributed by atoms with van der Waals surface area (Å²) in [5.41, 5.74) is 0.732. The van der Waals surface area contributed by atoms with Gasteiger partial charge in [-0.2, -0.15) is 0 Å². The van der Waals surface area contributed by atoms with Crippen molar-refractivity contribution in [2.75, 3.05) is 19.6 Å². The van der Waals surface area contributed by atoms with Gasteiger partial charge in [-0.25, -0.2) is 4.99 Å². The van der Waals surface area contributed by atoms with Gasteiger partial charge >= 0.3 is 0 Å². The highest BCUT2D eigenvalue weighted by atomic mass is 16.6. The van der Waals surface area contributed by atoms with E-state index in [0.29, 0.717) is 29.5 Å². The van der Waals surface area contributed by atoms with E-state index >= 15 is 0 Å². The molecule has 0 amide bonds. The van der Waals surface area contributed by atoms with Crippen LogP contribution in [0.4, 0.5) is 5.69 Å². The van der Waals surface area contributed by atoms with Gasteiger partial charge < -0.3 is 10.6 Å². The molecule has 2 rings (SSSR count). The Bertz CT molecular complexity index is 617.